The molecule has 1 heterocycles. The van der Waals surface area contributed by atoms with Gasteiger partial charge in [0.15, 0.2) is 0 Å². The molecule has 1 saturated heterocycles. The van der Waals surface area contributed by atoms with E-state index in [1.165, 1.54) is 0 Å². The number of carboxylic acid groups (broad SMARTS) is 1. The van der Waals surface area contributed by atoms with Crippen molar-refractivity contribution in [2.45, 2.75) is 52.1 Å². The Labute approximate surface area is 125 Å². The van der Waals surface area contributed by atoms with Crippen molar-refractivity contribution in [3.63, 3.8) is 0 Å². The molecule has 120 valence electrons. The standard InChI is InChI=1S/C15H26N2O4/c1-4-17(11-9-21-8-10(11)13(18)19)14(20)16-12-6-5-7-15(12,2)3/h10-12H,4-9H2,1-3H3,(H,16,20)(H,18,19). The molecule has 2 N–H and O–H groups in total. The number of carboxylic acids is 1. The van der Waals surface area contributed by atoms with Crippen LogP contribution in [-0.4, -0.2) is 53.8 Å². The van der Waals surface area contributed by atoms with E-state index >= 15 is 0 Å². The monoisotopic (exact) mass is 298 g/mol. The summed E-state index contributed by atoms with van der Waals surface area (Å²) in [5.41, 5.74) is 0.105. The van der Waals surface area contributed by atoms with Gasteiger partial charge in [0, 0.05) is 12.6 Å². The molecule has 2 fully saturated rings. The Bertz CT molecular complexity index is 410. The van der Waals surface area contributed by atoms with Crippen LogP contribution in [0.5, 0.6) is 0 Å². The van der Waals surface area contributed by atoms with E-state index in [1.807, 2.05) is 6.92 Å². The maximum absolute atomic E-state index is 12.5. The highest BCUT2D eigenvalue weighted by Crippen LogP contribution is 2.37. The molecule has 1 aliphatic heterocycles. The van der Waals surface area contributed by atoms with Gasteiger partial charge in [-0.05, 0) is 25.2 Å². The van der Waals surface area contributed by atoms with Crippen molar-refractivity contribution < 1.29 is 19.4 Å². The maximum atomic E-state index is 12.5. The highest BCUT2D eigenvalue weighted by atomic mass is 16.5. The van der Waals surface area contributed by atoms with E-state index in [0.717, 1.165) is 19.3 Å². The normalized spacial score (nSPS) is 31.1. The van der Waals surface area contributed by atoms with Gasteiger partial charge in [-0.15, -0.1) is 0 Å². The number of urea groups is 1. The topological polar surface area (TPSA) is 78.9 Å². The molecule has 1 aliphatic carbocycles. The fourth-order valence-electron chi connectivity index (χ4n) is 3.44. The van der Waals surface area contributed by atoms with Gasteiger partial charge in [-0.25, -0.2) is 4.79 Å². The van der Waals surface area contributed by atoms with Crippen LogP contribution in [0.25, 0.3) is 0 Å². The molecule has 1 saturated carbocycles. The SMILES string of the molecule is CCN(C(=O)NC1CCCC1(C)C)C1COCC1C(=O)O. The smallest absolute Gasteiger partial charge is 0.317 e. The second-order valence-electron chi connectivity index (χ2n) is 6.72. The molecule has 2 aliphatic rings. The Morgan fingerprint density at radius 2 is 2.10 bits per heavy atom. The number of aliphatic carboxylic acids is 1. The zero-order valence-electron chi connectivity index (χ0n) is 13.1. The van der Waals surface area contributed by atoms with E-state index in [4.69, 9.17) is 4.74 Å². The van der Waals surface area contributed by atoms with E-state index in [9.17, 15) is 14.7 Å². The third-order valence-electron chi connectivity index (χ3n) is 4.92. The number of ether oxygens (including phenoxy) is 1. The molecule has 0 aromatic carbocycles. The molecule has 2 rings (SSSR count). The zero-order chi connectivity index (χ0) is 15.6. The lowest BCUT2D eigenvalue weighted by Gasteiger charge is -2.34. The predicted octanol–water partition coefficient (Wildman–Crippen LogP) is 1.70. The predicted molar refractivity (Wildman–Crippen MR) is 78.1 cm³/mol. The van der Waals surface area contributed by atoms with Gasteiger partial charge in [-0.3, -0.25) is 4.79 Å². The van der Waals surface area contributed by atoms with Gasteiger partial charge in [0.1, 0.15) is 5.92 Å². The number of carbonyl (C=O) groups is 2. The summed E-state index contributed by atoms with van der Waals surface area (Å²) < 4.78 is 5.27. The largest absolute Gasteiger partial charge is 0.481 e. The van der Waals surface area contributed by atoms with Crippen LogP contribution in [0.2, 0.25) is 0 Å². The summed E-state index contributed by atoms with van der Waals surface area (Å²) >= 11 is 0. The lowest BCUT2D eigenvalue weighted by Crippen LogP contribution is -2.54. The Balaban J connectivity index is 2.03. The van der Waals surface area contributed by atoms with E-state index in [0.29, 0.717) is 13.2 Å². The third kappa shape index (κ3) is 3.31. The molecule has 0 radical (unpaired) electrons. The van der Waals surface area contributed by atoms with Crippen LogP contribution in [0.1, 0.15) is 40.0 Å². The first-order chi connectivity index (χ1) is 9.86. The second-order valence-corrected chi connectivity index (χ2v) is 6.72. The average molecular weight is 298 g/mol. The van der Waals surface area contributed by atoms with Crippen molar-refractivity contribution in [1.29, 1.82) is 0 Å². The maximum Gasteiger partial charge on any atom is 0.317 e. The zero-order valence-corrected chi connectivity index (χ0v) is 13.1. The van der Waals surface area contributed by atoms with Gasteiger partial charge in [-0.1, -0.05) is 20.3 Å². The van der Waals surface area contributed by atoms with Gasteiger partial charge < -0.3 is 20.1 Å². The molecule has 0 aromatic heterocycles. The molecule has 21 heavy (non-hydrogen) atoms. The van der Waals surface area contributed by atoms with Gasteiger partial charge >= 0.3 is 12.0 Å². The first-order valence-electron chi connectivity index (χ1n) is 7.74. The molecule has 0 bridgehead atoms. The van der Waals surface area contributed by atoms with Crippen molar-refractivity contribution in [2.75, 3.05) is 19.8 Å². The number of hydrogen-bond donors (Lipinski definition) is 2. The summed E-state index contributed by atoms with van der Waals surface area (Å²) in [5, 5.41) is 12.3. The van der Waals surface area contributed by atoms with Gasteiger partial charge in [0.25, 0.3) is 0 Å². The Hall–Kier alpha value is -1.30. The highest BCUT2D eigenvalue weighted by Gasteiger charge is 2.41. The summed E-state index contributed by atoms with van der Waals surface area (Å²) in [6.45, 7) is 7.16. The summed E-state index contributed by atoms with van der Waals surface area (Å²) in [6, 6.07) is -0.388. The molecule has 3 unspecified atom stereocenters. The molecule has 6 heteroatoms. The summed E-state index contributed by atoms with van der Waals surface area (Å²) in [4.78, 5) is 25.4. The van der Waals surface area contributed by atoms with E-state index in [1.54, 1.807) is 4.90 Å². The lowest BCUT2D eigenvalue weighted by atomic mass is 9.87. The first kappa shape index (κ1) is 16.1. The van der Waals surface area contributed by atoms with Gasteiger partial charge in [0.05, 0.1) is 19.3 Å². The number of nitrogens with one attached hydrogen (secondary N) is 1. The minimum atomic E-state index is -0.898. The highest BCUT2D eigenvalue weighted by molar-refractivity contribution is 5.77. The van der Waals surface area contributed by atoms with Crippen molar-refractivity contribution in [2.24, 2.45) is 11.3 Å². The molecular formula is C15H26N2O4. The van der Waals surface area contributed by atoms with Gasteiger partial charge in [-0.2, -0.15) is 0 Å². The van der Waals surface area contributed by atoms with Crippen LogP contribution in [0.15, 0.2) is 0 Å². The third-order valence-corrected chi connectivity index (χ3v) is 4.92. The molecule has 6 nitrogen and oxygen atoms in total. The number of amides is 2. The molecule has 2 amide bonds. The van der Waals surface area contributed by atoms with Crippen LogP contribution in [0.4, 0.5) is 4.79 Å². The molecule has 3 atom stereocenters. The van der Waals surface area contributed by atoms with Crippen LogP contribution < -0.4 is 5.32 Å². The molecular weight excluding hydrogens is 272 g/mol. The van der Waals surface area contributed by atoms with Crippen LogP contribution >= 0.6 is 0 Å². The number of likely N-dealkylation sites (N-methyl/N-ethyl adjacent to an activating group) is 1. The number of hydrogen-bond acceptors (Lipinski definition) is 3. The Morgan fingerprint density at radius 3 is 2.62 bits per heavy atom. The Morgan fingerprint density at radius 1 is 1.38 bits per heavy atom. The minimum absolute atomic E-state index is 0.105. The second kappa shape index (κ2) is 6.22. The van der Waals surface area contributed by atoms with Crippen molar-refractivity contribution in [1.82, 2.24) is 10.2 Å². The molecule has 0 spiro atoms. The number of carbonyl (C=O) groups excluding carboxylic acids is 1. The summed E-state index contributed by atoms with van der Waals surface area (Å²) in [6.07, 6.45) is 3.21. The van der Waals surface area contributed by atoms with Crippen molar-refractivity contribution >= 4 is 12.0 Å². The van der Waals surface area contributed by atoms with Crippen molar-refractivity contribution in [3.8, 4) is 0 Å². The van der Waals surface area contributed by atoms with Gasteiger partial charge in [0.2, 0.25) is 0 Å². The fraction of sp³-hybridized carbons (Fsp3) is 0.867. The van der Waals surface area contributed by atoms with Crippen molar-refractivity contribution in [3.05, 3.63) is 0 Å². The first-order valence-corrected chi connectivity index (χ1v) is 7.74. The van der Waals surface area contributed by atoms with E-state index in [-0.39, 0.29) is 30.1 Å². The van der Waals surface area contributed by atoms with Crippen LogP contribution in [-0.2, 0) is 9.53 Å². The minimum Gasteiger partial charge on any atom is -0.481 e. The van der Waals surface area contributed by atoms with E-state index in [2.05, 4.69) is 19.2 Å². The number of nitrogens with zero attached hydrogens (tertiary/aromatic N) is 1. The summed E-state index contributed by atoms with van der Waals surface area (Å²) in [5.74, 6) is -1.53. The quantitative estimate of drug-likeness (QED) is 0.828. The average Bonchev–Trinajstić information content (AvgIpc) is 2.98. The van der Waals surface area contributed by atoms with Crippen LogP contribution in [0.3, 0.4) is 0 Å². The van der Waals surface area contributed by atoms with Crippen LogP contribution in [0, 0.1) is 11.3 Å². The molecule has 0 aromatic rings. The van der Waals surface area contributed by atoms with E-state index < -0.39 is 11.9 Å². The summed E-state index contributed by atoms with van der Waals surface area (Å²) in [7, 11) is 0. The lowest BCUT2D eigenvalue weighted by molar-refractivity contribution is -0.142. The Kier molecular flexibility index (Phi) is 4.76. The fourth-order valence-corrected chi connectivity index (χ4v) is 3.44. The number of rotatable bonds is 4.